The number of carbonyl (C=O) groups is 1. The van der Waals surface area contributed by atoms with E-state index in [1.54, 1.807) is 0 Å². The number of carbonyl (C=O) groups excluding carboxylic acids is 1. The summed E-state index contributed by atoms with van der Waals surface area (Å²) in [6, 6.07) is 1.43. The molecule has 0 radical (unpaired) electrons. The average Bonchev–Trinajstić information content (AvgIpc) is 2.46. The van der Waals surface area contributed by atoms with Gasteiger partial charge in [0.2, 0.25) is 0 Å². The first kappa shape index (κ1) is 13.1. The van der Waals surface area contributed by atoms with Crippen molar-refractivity contribution in [1.29, 1.82) is 0 Å². The molecule has 1 saturated heterocycles. The number of aromatic nitrogens is 1. The third-order valence-corrected chi connectivity index (χ3v) is 3.43. The summed E-state index contributed by atoms with van der Waals surface area (Å²) >= 11 is 0. The topological polar surface area (TPSA) is 39.2 Å². The lowest BCUT2D eigenvalue weighted by Gasteiger charge is -2.26. The number of ether oxygens (including phenoxy) is 1. The first-order valence-electron chi connectivity index (χ1n) is 6.07. The van der Waals surface area contributed by atoms with Gasteiger partial charge in [0.1, 0.15) is 0 Å². The Morgan fingerprint density at radius 2 is 2.11 bits per heavy atom. The fraction of sp³-hybridized carbons (Fsp3) is 0.571. The Labute approximate surface area is 106 Å². The molecular formula is C14H18FNO2. The van der Waals surface area contributed by atoms with Gasteiger partial charge in [-0.2, -0.15) is 0 Å². The molecule has 2 rings (SSSR count). The Hall–Kier alpha value is -1.29. The molecule has 0 aromatic carbocycles. The molecule has 0 N–H and O–H groups in total. The number of Topliss-reactive ketones (excluding diaryl/α,β-unsaturated/α-hetero) is 1. The van der Waals surface area contributed by atoms with Crippen molar-refractivity contribution in [3.05, 3.63) is 29.8 Å². The van der Waals surface area contributed by atoms with Crippen molar-refractivity contribution < 1.29 is 13.9 Å². The van der Waals surface area contributed by atoms with E-state index < -0.39 is 11.4 Å². The molecule has 1 aliphatic heterocycles. The van der Waals surface area contributed by atoms with E-state index in [2.05, 4.69) is 4.98 Å². The molecule has 3 nitrogen and oxygen atoms in total. The highest BCUT2D eigenvalue weighted by atomic mass is 19.1. The molecule has 2 heterocycles. The van der Waals surface area contributed by atoms with Gasteiger partial charge < -0.3 is 4.74 Å². The highest BCUT2D eigenvalue weighted by molar-refractivity contribution is 5.98. The van der Waals surface area contributed by atoms with Crippen LogP contribution in [0, 0.1) is 11.7 Å². The quantitative estimate of drug-likeness (QED) is 0.758. The molecule has 0 bridgehead atoms. The number of hydrogen-bond donors (Lipinski definition) is 0. The number of halogens is 1. The maximum Gasteiger partial charge on any atom is 0.171 e. The molecule has 18 heavy (non-hydrogen) atoms. The van der Waals surface area contributed by atoms with Gasteiger partial charge in [-0.1, -0.05) is 0 Å². The van der Waals surface area contributed by atoms with Crippen LogP contribution in [0.4, 0.5) is 4.39 Å². The monoisotopic (exact) mass is 251 g/mol. The summed E-state index contributed by atoms with van der Waals surface area (Å²) in [6.45, 7) is 7.66. The zero-order valence-corrected chi connectivity index (χ0v) is 11.2. The van der Waals surface area contributed by atoms with E-state index in [1.807, 2.05) is 27.7 Å². The number of hydrogen-bond acceptors (Lipinski definition) is 3. The van der Waals surface area contributed by atoms with Crippen molar-refractivity contribution in [1.82, 2.24) is 4.98 Å². The summed E-state index contributed by atoms with van der Waals surface area (Å²) in [4.78, 5) is 16.1. The van der Waals surface area contributed by atoms with E-state index in [0.29, 0.717) is 6.42 Å². The van der Waals surface area contributed by atoms with Crippen LogP contribution in [-0.2, 0) is 4.74 Å². The average molecular weight is 251 g/mol. The zero-order valence-electron chi connectivity index (χ0n) is 11.2. The third kappa shape index (κ3) is 2.29. The molecule has 98 valence electrons. The summed E-state index contributed by atoms with van der Waals surface area (Å²) in [7, 11) is 0. The van der Waals surface area contributed by atoms with Gasteiger partial charge in [0.15, 0.2) is 11.6 Å². The van der Waals surface area contributed by atoms with Gasteiger partial charge in [-0.15, -0.1) is 0 Å². The molecule has 1 aliphatic rings. The minimum Gasteiger partial charge on any atom is -0.369 e. The van der Waals surface area contributed by atoms with Crippen LogP contribution < -0.4 is 0 Å². The van der Waals surface area contributed by atoms with Crippen LogP contribution in [0.15, 0.2) is 18.5 Å². The Morgan fingerprint density at radius 3 is 2.61 bits per heavy atom. The Morgan fingerprint density at radius 1 is 1.44 bits per heavy atom. The summed E-state index contributed by atoms with van der Waals surface area (Å²) in [6.07, 6.45) is 3.10. The number of rotatable bonds is 2. The molecule has 1 aromatic rings. The van der Waals surface area contributed by atoms with Gasteiger partial charge in [-0.25, -0.2) is 4.39 Å². The molecule has 1 fully saturated rings. The van der Waals surface area contributed by atoms with Crippen molar-refractivity contribution in [3.8, 4) is 0 Å². The number of ketones is 1. The van der Waals surface area contributed by atoms with Gasteiger partial charge in [0.25, 0.3) is 0 Å². The van der Waals surface area contributed by atoms with Gasteiger partial charge in [0.05, 0.1) is 28.9 Å². The van der Waals surface area contributed by atoms with Gasteiger partial charge in [-0.05, 0) is 40.2 Å². The first-order valence-corrected chi connectivity index (χ1v) is 6.07. The lowest BCUT2D eigenvalue weighted by Crippen LogP contribution is -2.34. The zero-order chi connectivity index (χ0) is 13.6. The summed E-state index contributed by atoms with van der Waals surface area (Å²) in [5.41, 5.74) is -0.826. The fourth-order valence-electron chi connectivity index (χ4n) is 2.73. The second kappa shape index (κ2) is 4.12. The van der Waals surface area contributed by atoms with Crippen LogP contribution in [0.1, 0.15) is 44.5 Å². The lowest BCUT2D eigenvalue weighted by molar-refractivity contribution is -0.0712. The van der Waals surface area contributed by atoms with Gasteiger partial charge >= 0.3 is 0 Å². The first-order chi connectivity index (χ1) is 8.23. The number of nitrogens with zero attached hydrogens (tertiary/aromatic N) is 1. The van der Waals surface area contributed by atoms with Crippen molar-refractivity contribution in [2.45, 2.75) is 45.3 Å². The second-order valence-corrected chi connectivity index (χ2v) is 5.94. The highest BCUT2D eigenvalue weighted by Gasteiger charge is 2.49. The predicted molar refractivity (Wildman–Crippen MR) is 65.9 cm³/mol. The molecule has 1 atom stereocenters. The van der Waals surface area contributed by atoms with Crippen LogP contribution in [0.5, 0.6) is 0 Å². The molecule has 1 unspecified atom stereocenters. The SMILES string of the molecule is CC1(C)CC(C(=O)c2ccncc2F)C(C)(C)O1. The van der Waals surface area contributed by atoms with E-state index in [0.717, 1.165) is 6.20 Å². The van der Waals surface area contributed by atoms with Crippen LogP contribution >= 0.6 is 0 Å². The molecule has 1 aromatic heterocycles. The fourth-order valence-corrected chi connectivity index (χ4v) is 2.73. The predicted octanol–water partition coefficient (Wildman–Crippen LogP) is 3.00. The van der Waals surface area contributed by atoms with E-state index in [1.165, 1.54) is 12.3 Å². The lowest BCUT2D eigenvalue weighted by atomic mass is 9.82. The van der Waals surface area contributed by atoms with E-state index >= 15 is 0 Å². The standard InChI is InChI=1S/C14H18FNO2/c1-13(2)7-10(14(3,4)18-13)12(17)9-5-6-16-8-11(9)15/h5-6,8,10H,7H2,1-4H3. The van der Waals surface area contributed by atoms with Gasteiger partial charge in [0, 0.05) is 6.20 Å². The summed E-state index contributed by atoms with van der Waals surface area (Å²) in [5.74, 6) is -1.10. The summed E-state index contributed by atoms with van der Waals surface area (Å²) in [5, 5.41) is 0. The highest BCUT2D eigenvalue weighted by Crippen LogP contribution is 2.43. The third-order valence-electron chi connectivity index (χ3n) is 3.43. The van der Waals surface area contributed by atoms with Crippen LogP contribution in [0.2, 0.25) is 0 Å². The molecule has 0 aliphatic carbocycles. The Balaban J connectivity index is 2.33. The second-order valence-electron chi connectivity index (χ2n) is 5.94. The summed E-state index contributed by atoms with van der Waals surface area (Å²) < 4.78 is 19.5. The van der Waals surface area contributed by atoms with Crippen LogP contribution in [0.3, 0.4) is 0 Å². The largest absolute Gasteiger partial charge is 0.369 e. The minimum absolute atomic E-state index is 0.101. The van der Waals surface area contributed by atoms with Crippen molar-refractivity contribution in [3.63, 3.8) is 0 Å². The Bertz CT molecular complexity index is 482. The smallest absolute Gasteiger partial charge is 0.171 e. The van der Waals surface area contributed by atoms with Crippen LogP contribution in [0.25, 0.3) is 0 Å². The van der Waals surface area contributed by atoms with Crippen LogP contribution in [-0.4, -0.2) is 22.0 Å². The van der Waals surface area contributed by atoms with E-state index in [9.17, 15) is 9.18 Å². The molecule has 4 heteroatoms. The molecule has 0 spiro atoms. The van der Waals surface area contributed by atoms with Gasteiger partial charge in [-0.3, -0.25) is 9.78 Å². The maximum atomic E-state index is 13.6. The van der Waals surface area contributed by atoms with Crippen molar-refractivity contribution in [2.24, 2.45) is 5.92 Å². The molecular weight excluding hydrogens is 233 g/mol. The normalized spacial score (nSPS) is 25.1. The van der Waals surface area contributed by atoms with E-state index in [4.69, 9.17) is 4.74 Å². The Kier molecular flexibility index (Phi) is 3.01. The minimum atomic E-state index is -0.573. The van der Waals surface area contributed by atoms with Crippen molar-refractivity contribution >= 4 is 5.78 Å². The van der Waals surface area contributed by atoms with E-state index in [-0.39, 0.29) is 22.9 Å². The number of pyridine rings is 1. The van der Waals surface area contributed by atoms with Crippen molar-refractivity contribution in [2.75, 3.05) is 0 Å². The molecule has 0 amide bonds. The maximum absolute atomic E-state index is 13.6. The molecule has 0 saturated carbocycles.